The fourth-order valence-corrected chi connectivity index (χ4v) is 3.36. The zero-order valence-electron chi connectivity index (χ0n) is 17.4. The van der Waals surface area contributed by atoms with Gasteiger partial charge < -0.3 is 20.7 Å². The molecule has 3 atom stereocenters. The van der Waals surface area contributed by atoms with Crippen molar-refractivity contribution in [3.8, 4) is 0 Å². The Kier molecular flexibility index (Phi) is 8.78. The third-order valence-electron chi connectivity index (χ3n) is 4.78. The van der Waals surface area contributed by atoms with E-state index in [1.54, 1.807) is 0 Å². The molecule has 0 saturated carbocycles. The number of carbonyl (C=O) groups is 2. The van der Waals surface area contributed by atoms with Crippen LogP contribution in [0.4, 0.5) is 0 Å². The highest BCUT2D eigenvalue weighted by molar-refractivity contribution is 5.90. The number of rotatable bonds is 12. The highest BCUT2D eigenvalue weighted by Gasteiger charge is 2.25. The van der Waals surface area contributed by atoms with Crippen LogP contribution in [0, 0.1) is 0 Å². The van der Waals surface area contributed by atoms with Gasteiger partial charge >= 0.3 is 0 Å². The first-order valence-electron chi connectivity index (χ1n) is 10.1. The van der Waals surface area contributed by atoms with Crippen molar-refractivity contribution >= 4 is 22.6 Å². The number of nitrogens with one attached hydrogen (secondary N) is 4. The lowest BCUT2D eigenvalue weighted by Gasteiger charge is -2.24. The van der Waals surface area contributed by atoms with E-state index in [0.29, 0.717) is 25.8 Å². The van der Waals surface area contributed by atoms with E-state index in [2.05, 4.69) is 20.9 Å². The van der Waals surface area contributed by atoms with Gasteiger partial charge in [0.15, 0.2) is 12.1 Å². The van der Waals surface area contributed by atoms with Crippen LogP contribution in [0.15, 0.2) is 30.5 Å². The number of H-pyrrole nitrogens is 1. The third-order valence-corrected chi connectivity index (χ3v) is 4.78. The van der Waals surface area contributed by atoms with Gasteiger partial charge in [0.2, 0.25) is 5.91 Å². The van der Waals surface area contributed by atoms with Crippen LogP contribution in [0.5, 0.6) is 0 Å². The second-order valence-corrected chi connectivity index (χ2v) is 7.65. The predicted molar refractivity (Wildman–Crippen MR) is 114 cm³/mol. The van der Waals surface area contributed by atoms with Crippen LogP contribution in [0.2, 0.25) is 0 Å². The number of Topliss-reactive ketones (excluding diaryl/α,β-unsaturated/α-hetero) is 1. The van der Waals surface area contributed by atoms with E-state index in [1.807, 2.05) is 44.3 Å². The number of amides is 1. The van der Waals surface area contributed by atoms with Gasteiger partial charge in [0.05, 0.1) is 12.1 Å². The fourth-order valence-electron chi connectivity index (χ4n) is 3.36. The topological polar surface area (TPSA) is 132 Å². The lowest BCUT2D eigenvalue weighted by Crippen LogP contribution is -2.52. The Morgan fingerprint density at radius 3 is 2.59 bits per heavy atom. The summed E-state index contributed by atoms with van der Waals surface area (Å²) in [5, 5.41) is 19.0. The predicted octanol–water partition coefficient (Wildman–Crippen LogP) is 0.755. The maximum atomic E-state index is 13.0. The molecule has 29 heavy (non-hydrogen) atoms. The van der Waals surface area contributed by atoms with Gasteiger partial charge in [0.1, 0.15) is 0 Å². The Bertz CT molecular complexity index is 802. The lowest BCUT2D eigenvalue weighted by molar-refractivity contribution is -0.128. The van der Waals surface area contributed by atoms with Crippen molar-refractivity contribution in [2.24, 2.45) is 5.73 Å². The molecule has 0 spiro atoms. The first kappa shape index (κ1) is 23.0. The molecule has 1 aromatic carbocycles. The minimum Gasteiger partial charge on any atom is -0.366 e. The fraction of sp³-hybridized carbons (Fsp3) is 0.524. The van der Waals surface area contributed by atoms with Crippen molar-refractivity contribution in [3.63, 3.8) is 0 Å². The maximum absolute atomic E-state index is 13.0. The molecule has 0 fully saturated rings. The van der Waals surface area contributed by atoms with Crippen LogP contribution in [0.25, 0.3) is 10.9 Å². The summed E-state index contributed by atoms with van der Waals surface area (Å²) >= 11 is 0. The summed E-state index contributed by atoms with van der Waals surface area (Å²) in [4.78, 5) is 28.2. The standard InChI is InChI=1S/C21H33N5O3/c1-13(2)25-19(11-15-12-24-18-8-5-4-7-16(15)18)20(28)26-17(14(3)27)9-6-10-23-21(22)29/h4-5,7-8,12-13,17,19,21,23-25,29H,6,9-11,22H2,1-3H3,(H,26,28)/t17-,19-,21?/m0/s1. The van der Waals surface area contributed by atoms with Gasteiger partial charge in [0, 0.05) is 23.1 Å². The van der Waals surface area contributed by atoms with E-state index in [0.717, 1.165) is 16.5 Å². The molecule has 1 unspecified atom stereocenters. The van der Waals surface area contributed by atoms with Crippen LogP contribution in [0.3, 0.4) is 0 Å². The Balaban J connectivity index is 2.05. The van der Waals surface area contributed by atoms with Crippen LogP contribution in [0.1, 0.15) is 39.2 Å². The van der Waals surface area contributed by atoms with E-state index < -0.39 is 18.4 Å². The van der Waals surface area contributed by atoms with E-state index in [4.69, 9.17) is 10.8 Å². The summed E-state index contributed by atoms with van der Waals surface area (Å²) in [5.41, 5.74) is 7.32. The largest absolute Gasteiger partial charge is 0.366 e. The smallest absolute Gasteiger partial charge is 0.238 e. The van der Waals surface area contributed by atoms with Crippen LogP contribution < -0.4 is 21.7 Å². The molecule has 0 aliphatic carbocycles. The minimum absolute atomic E-state index is 0.0953. The quantitative estimate of drug-likeness (QED) is 0.229. The molecule has 0 aliphatic heterocycles. The molecule has 1 heterocycles. The zero-order valence-corrected chi connectivity index (χ0v) is 17.4. The SMILES string of the molecule is CC(=O)[C@H](CCCNC(N)O)NC(=O)[C@H](Cc1c[nH]c2ccccc12)NC(C)C. The summed E-state index contributed by atoms with van der Waals surface area (Å²) < 4.78 is 0. The Morgan fingerprint density at radius 2 is 1.93 bits per heavy atom. The number of para-hydroxylation sites is 1. The van der Waals surface area contributed by atoms with Gasteiger partial charge in [-0.05, 0) is 44.4 Å². The number of nitrogens with two attached hydrogens (primary N) is 1. The van der Waals surface area contributed by atoms with Gasteiger partial charge in [-0.2, -0.15) is 0 Å². The number of aromatic amines is 1. The number of aliphatic hydroxyl groups is 1. The normalized spacial score (nSPS) is 14.7. The summed E-state index contributed by atoms with van der Waals surface area (Å²) in [6.45, 7) is 5.91. The number of aromatic nitrogens is 1. The molecule has 0 radical (unpaired) electrons. The summed E-state index contributed by atoms with van der Waals surface area (Å²) in [6, 6.07) is 7.06. The van der Waals surface area contributed by atoms with Crippen molar-refractivity contribution in [2.45, 2.75) is 64.5 Å². The minimum atomic E-state index is -1.09. The second kappa shape index (κ2) is 11.1. The highest BCUT2D eigenvalue weighted by atomic mass is 16.3. The maximum Gasteiger partial charge on any atom is 0.238 e. The molecule has 0 saturated heterocycles. The van der Waals surface area contributed by atoms with Gasteiger partial charge in [-0.25, -0.2) is 0 Å². The molecular weight excluding hydrogens is 370 g/mol. The molecule has 0 bridgehead atoms. The van der Waals surface area contributed by atoms with Crippen LogP contribution in [-0.4, -0.2) is 52.8 Å². The summed E-state index contributed by atoms with van der Waals surface area (Å²) in [5.74, 6) is -0.293. The number of carbonyl (C=O) groups excluding carboxylic acids is 2. The monoisotopic (exact) mass is 403 g/mol. The molecular formula is C21H33N5O3. The highest BCUT2D eigenvalue weighted by Crippen LogP contribution is 2.19. The van der Waals surface area contributed by atoms with E-state index in [1.165, 1.54) is 6.92 Å². The van der Waals surface area contributed by atoms with Gasteiger partial charge in [0.25, 0.3) is 0 Å². The number of aliphatic hydroxyl groups excluding tert-OH is 1. The first-order chi connectivity index (χ1) is 13.8. The number of ketones is 1. The van der Waals surface area contributed by atoms with Crippen molar-refractivity contribution in [2.75, 3.05) is 6.54 Å². The molecule has 1 amide bonds. The number of fused-ring (bicyclic) bond motifs is 1. The molecule has 8 nitrogen and oxygen atoms in total. The summed E-state index contributed by atoms with van der Waals surface area (Å²) in [7, 11) is 0. The molecule has 0 aliphatic rings. The van der Waals surface area contributed by atoms with Crippen molar-refractivity contribution < 1.29 is 14.7 Å². The van der Waals surface area contributed by atoms with Gasteiger partial charge in [-0.3, -0.25) is 20.6 Å². The molecule has 8 heteroatoms. The van der Waals surface area contributed by atoms with E-state index in [-0.39, 0.29) is 17.7 Å². The third kappa shape index (κ3) is 7.25. The van der Waals surface area contributed by atoms with Crippen LogP contribution >= 0.6 is 0 Å². The van der Waals surface area contributed by atoms with Crippen molar-refractivity contribution in [1.29, 1.82) is 0 Å². The first-order valence-corrected chi connectivity index (χ1v) is 10.1. The van der Waals surface area contributed by atoms with E-state index >= 15 is 0 Å². The molecule has 2 aromatic rings. The molecule has 7 N–H and O–H groups in total. The Labute approximate surface area is 171 Å². The lowest BCUT2D eigenvalue weighted by atomic mass is 10.0. The molecule has 160 valence electrons. The van der Waals surface area contributed by atoms with Gasteiger partial charge in [-0.1, -0.05) is 32.0 Å². The Hall–Kier alpha value is -2.26. The number of hydrogen-bond acceptors (Lipinski definition) is 6. The number of hydrogen-bond donors (Lipinski definition) is 6. The molecule has 2 rings (SSSR count). The summed E-state index contributed by atoms with van der Waals surface area (Å²) in [6.07, 6.45) is 2.43. The van der Waals surface area contributed by atoms with Crippen molar-refractivity contribution in [3.05, 3.63) is 36.0 Å². The van der Waals surface area contributed by atoms with Gasteiger partial charge in [-0.15, -0.1) is 0 Å². The van der Waals surface area contributed by atoms with Crippen LogP contribution in [-0.2, 0) is 16.0 Å². The average molecular weight is 404 g/mol. The zero-order chi connectivity index (χ0) is 21.4. The Morgan fingerprint density at radius 1 is 1.21 bits per heavy atom. The molecule has 1 aromatic heterocycles. The van der Waals surface area contributed by atoms with Crippen molar-refractivity contribution in [1.82, 2.24) is 20.9 Å². The average Bonchev–Trinajstić information content (AvgIpc) is 3.06. The second-order valence-electron chi connectivity index (χ2n) is 7.65. The number of benzene rings is 1. The van der Waals surface area contributed by atoms with E-state index in [9.17, 15) is 9.59 Å².